The summed E-state index contributed by atoms with van der Waals surface area (Å²) in [6.07, 6.45) is 2.61. The first-order chi connectivity index (χ1) is 6.81. The summed E-state index contributed by atoms with van der Waals surface area (Å²) in [7, 11) is 0. The first kappa shape index (κ1) is 14.7. The van der Waals surface area contributed by atoms with Crippen LogP contribution in [0, 0.1) is 0 Å². The highest BCUT2D eigenvalue weighted by Gasteiger charge is 1.99. The molecule has 0 aromatic heterocycles. The minimum atomic E-state index is 0.695. The topological polar surface area (TPSA) is 12.0 Å². The summed E-state index contributed by atoms with van der Waals surface area (Å²) >= 11 is 4.08. The van der Waals surface area contributed by atoms with E-state index in [4.69, 9.17) is 0 Å². The van der Waals surface area contributed by atoms with E-state index < -0.39 is 0 Å². The fourth-order valence-corrected chi connectivity index (χ4v) is 2.62. The van der Waals surface area contributed by atoms with E-state index in [0.717, 1.165) is 0 Å². The third-order valence-corrected chi connectivity index (χ3v) is 3.98. The third-order valence-electron chi connectivity index (χ3n) is 2.06. The number of nitrogens with one attached hydrogen (secondary N) is 1. The van der Waals surface area contributed by atoms with Gasteiger partial charge in [0.2, 0.25) is 0 Å². The Morgan fingerprint density at radius 3 is 2.36 bits per heavy atom. The normalized spacial score (nSPS) is 13.1. The second-order valence-corrected chi connectivity index (χ2v) is 6.18. The lowest BCUT2D eigenvalue weighted by atomic mass is 10.2. The van der Waals surface area contributed by atoms with E-state index in [2.05, 4.69) is 26.1 Å². The Morgan fingerprint density at radius 1 is 1.07 bits per heavy atom. The quantitative estimate of drug-likeness (QED) is 0.584. The smallest absolute Gasteiger partial charge is 0.00465 e. The van der Waals surface area contributed by atoms with Crippen molar-refractivity contribution in [2.75, 3.05) is 29.6 Å². The van der Waals surface area contributed by atoms with E-state index in [9.17, 15) is 0 Å². The molecule has 0 saturated heterocycles. The van der Waals surface area contributed by atoms with E-state index in [1.807, 2.05) is 23.5 Å². The van der Waals surface area contributed by atoms with Crippen molar-refractivity contribution in [1.29, 1.82) is 0 Å². The minimum absolute atomic E-state index is 0.695. The summed E-state index contributed by atoms with van der Waals surface area (Å²) < 4.78 is 0. The van der Waals surface area contributed by atoms with Crippen molar-refractivity contribution in [3.8, 4) is 0 Å². The summed E-state index contributed by atoms with van der Waals surface area (Å²) in [5.74, 6) is 5.11. The summed E-state index contributed by atoms with van der Waals surface area (Å²) in [5.41, 5.74) is 0. The Balaban J connectivity index is 3.06. The molecule has 1 N–H and O–H groups in total. The SMILES string of the molecule is CCSCCCNC(C)CCSCC. The van der Waals surface area contributed by atoms with Gasteiger partial charge < -0.3 is 5.32 Å². The lowest BCUT2D eigenvalue weighted by Crippen LogP contribution is -2.27. The molecule has 14 heavy (non-hydrogen) atoms. The highest BCUT2D eigenvalue weighted by Crippen LogP contribution is 2.04. The van der Waals surface area contributed by atoms with Crippen LogP contribution in [-0.4, -0.2) is 35.6 Å². The molecule has 3 heteroatoms. The average Bonchev–Trinajstić information content (AvgIpc) is 2.18. The van der Waals surface area contributed by atoms with Gasteiger partial charge in [0.1, 0.15) is 0 Å². The Morgan fingerprint density at radius 2 is 1.71 bits per heavy atom. The maximum Gasteiger partial charge on any atom is 0.00465 e. The number of hydrogen-bond donors (Lipinski definition) is 1. The van der Waals surface area contributed by atoms with Crippen molar-refractivity contribution in [3.63, 3.8) is 0 Å². The number of hydrogen-bond acceptors (Lipinski definition) is 3. The lowest BCUT2D eigenvalue weighted by Gasteiger charge is -2.12. The zero-order valence-electron chi connectivity index (χ0n) is 9.84. The fourth-order valence-electron chi connectivity index (χ4n) is 1.17. The largest absolute Gasteiger partial charge is 0.314 e. The van der Waals surface area contributed by atoms with Crippen LogP contribution in [0.15, 0.2) is 0 Å². The molecule has 0 spiro atoms. The van der Waals surface area contributed by atoms with Crippen LogP contribution in [0.3, 0.4) is 0 Å². The molecule has 0 bridgehead atoms. The van der Waals surface area contributed by atoms with Crippen molar-refractivity contribution >= 4 is 23.5 Å². The molecule has 0 heterocycles. The maximum atomic E-state index is 3.57. The van der Waals surface area contributed by atoms with Gasteiger partial charge in [0.05, 0.1) is 0 Å². The summed E-state index contributed by atoms with van der Waals surface area (Å²) in [5, 5.41) is 3.57. The second kappa shape index (κ2) is 11.7. The predicted octanol–water partition coefficient (Wildman–Crippen LogP) is 3.25. The van der Waals surface area contributed by atoms with Crippen LogP contribution < -0.4 is 5.32 Å². The van der Waals surface area contributed by atoms with E-state index in [1.54, 1.807) is 0 Å². The van der Waals surface area contributed by atoms with Crippen LogP contribution in [0.5, 0.6) is 0 Å². The van der Waals surface area contributed by atoms with Gasteiger partial charge in [-0.15, -0.1) is 0 Å². The lowest BCUT2D eigenvalue weighted by molar-refractivity contribution is 0.537. The molecule has 1 nitrogen and oxygen atoms in total. The van der Waals surface area contributed by atoms with Gasteiger partial charge in [0.25, 0.3) is 0 Å². The van der Waals surface area contributed by atoms with Gasteiger partial charge >= 0.3 is 0 Å². The molecule has 1 atom stereocenters. The molecule has 0 aromatic rings. The van der Waals surface area contributed by atoms with Gasteiger partial charge in [-0.2, -0.15) is 23.5 Å². The Kier molecular flexibility index (Phi) is 12.3. The van der Waals surface area contributed by atoms with Crippen LogP contribution in [0.2, 0.25) is 0 Å². The van der Waals surface area contributed by atoms with Crippen LogP contribution in [0.4, 0.5) is 0 Å². The van der Waals surface area contributed by atoms with Crippen LogP contribution in [-0.2, 0) is 0 Å². The van der Waals surface area contributed by atoms with Gasteiger partial charge in [-0.1, -0.05) is 13.8 Å². The van der Waals surface area contributed by atoms with E-state index in [0.29, 0.717) is 6.04 Å². The van der Waals surface area contributed by atoms with Gasteiger partial charge in [-0.3, -0.25) is 0 Å². The van der Waals surface area contributed by atoms with Crippen LogP contribution in [0.1, 0.15) is 33.6 Å². The molecule has 0 aromatic carbocycles. The molecule has 0 amide bonds. The standard InChI is InChI=1S/C11H25NS2/c1-4-13-9-6-8-12-11(3)7-10-14-5-2/h11-12H,4-10H2,1-3H3. The molecule has 0 saturated carbocycles. The predicted molar refractivity (Wildman–Crippen MR) is 72.7 cm³/mol. The van der Waals surface area contributed by atoms with Gasteiger partial charge in [-0.05, 0) is 49.3 Å². The zero-order valence-corrected chi connectivity index (χ0v) is 11.5. The molecule has 0 aliphatic carbocycles. The minimum Gasteiger partial charge on any atom is -0.314 e. The maximum absolute atomic E-state index is 3.57. The van der Waals surface area contributed by atoms with Gasteiger partial charge in [0.15, 0.2) is 0 Å². The van der Waals surface area contributed by atoms with E-state index >= 15 is 0 Å². The molecule has 86 valence electrons. The molecule has 0 aliphatic heterocycles. The van der Waals surface area contributed by atoms with Crippen molar-refractivity contribution in [2.45, 2.75) is 39.7 Å². The molecule has 1 unspecified atom stereocenters. The molecule has 0 rings (SSSR count). The summed E-state index contributed by atoms with van der Waals surface area (Å²) in [4.78, 5) is 0. The molecular weight excluding hydrogens is 210 g/mol. The zero-order chi connectivity index (χ0) is 10.6. The summed E-state index contributed by atoms with van der Waals surface area (Å²) in [6, 6.07) is 0.695. The number of thioether (sulfide) groups is 2. The van der Waals surface area contributed by atoms with Crippen molar-refractivity contribution in [3.05, 3.63) is 0 Å². The van der Waals surface area contributed by atoms with Crippen LogP contribution in [0.25, 0.3) is 0 Å². The Labute approximate surface area is 98.2 Å². The third kappa shape index (κ3) is 10.7. The molecule has 0 radical (unpaired) electrons. The average molecular weight is 235 g/mol. The van der Waals surface area contributed by atoms with Crippen LogP contribution >= 0.6 is 23.5 Å². The first-order valence-electron chi connectivity index (χ1n) is 5.70. The highest BCUT2D eigenvalue weighted by atomic mass is 32.2. The fraction of sp³-hybridized carbons (Fsp3) is 1.00. The Bertz CT molecular complexity index is 109. The second-order valence-electron chi connectivity index (χ2n) is 3.39. The molecule has 0 fully saturated rings. The molecule has 0 aliphatic rings. The van der Waals surface area contributed by atoms with Gasteiger partial charge in [0, 0.05) is 6.04 Å². The van der Waals surface area contributed by atoms with E-state index in [-0.39, 0.29) is 0 Å². The highest BCUT2D eigenvalue weighted by molar-refractivity contribution is 7.99. The molecular formula is C11H25NS2. The van der Waals surface area contributed by atoms with Crippen molar-refractivity contribution in [2.24, 2.45) is 0 Å². The van der Waals surface area contributed by atoms with E-state index in [1.165, 1.54) is 42.4 Å². The van der Waals surface area contributed by atoms with Crippen molar-refractivity contribution in [1.82, 2.24) is 5.32 Å². The van der Waals surface area contributed by atoms with Gasteiger partial charge in [-0.25, -0.2) is 0 Å². The summed E-state index contributed by atoms with van der Waals surface area (Å²) in [6.45, 7) is 7.93. The number of rotatable bonds is 10. The first-order valence-corrected chi connectivity index (χ1v) is 8.01. The monoisotopic (exact) mass is 235 g/mol. The Hall–Kier alpha value is 0.660. The van der Waals surface area contributed by atoms with Crippen molar-refractivity contribution < 1.29 is 0 Å².